The van der Waals surface area contributed by atoms with Gasteiger partial charge in [-0.15, -0.1) is 22.7 Å². The number of β-amino-alcohol motifs (C(OH)–C–C–N with tert-alkyl or cyclic N) is 1. The van der Waals surface area contributed by atoms with Gasteiger partial charge in [0.2, 0.25) is 11.8 Å². The van der Waals surface area contributed by atoms with Crippen molar-refractivity contribution in [2.45, 2.75) is 65.8 Å². The molecule has 0 spiro atoms. The molecular formula is C28H34N4O4S2. The second kappa shape index (κ2) is 11.3. The van der Waals surface area contributed by atoms with Crippen LogP contribution in [0.4, 0.5) is 0 Å². The third kappa shape index (κ3) is 6.31. The molecule has 202 valence electrons. The molecule has 1 aromatic carbocycles. The molecule has 38 heavy (non-hydrogen) atoms. The molecule has 0 bridgehead atoms. The number of carbonyl (C=O) groups excluding carboxylic acids is 3. The average Bonchev–Trinajstić information content (AvgIpc) is 3.60. The smallest absolute Gasteiger partial charge is 0.262 e. The van der Waals surface area contributed by atoms with Gasteiger partial charge in [-0.25, -0.2) is 4.98 Å². The predicted octanol–water partition coefficient (Wildman–Crippen LogP) is 3.91. The number of nitrogens with zero attached hydrogens (tertiary/aromatic N) is 2. The van der Waals surface area contributed by atoms with Crippen LogP contribution >= 0.6 is 22.7 Å². The Morgan fingerprint density at radius 1 is 1.13 bits per heavy atom. The Kier molecular flexibility index (Phi) is 8.34. The van der Waals surface area contributed by atoms with Gasteiger partial charge in [0.05, 0.1) is 27.1 Å². The first-order valence-corrected chi connectivity index (χ1v) is 14.3. The summed E-state index contributed by atoms with van der Waals surface area (Å²) in [4.78, 5) is 48.1. The lowest BCUT2D eigenvalue weighted by molar-refractivity contribution is -0.142. The van der Waals surface area contributed by atoms with Gasteiger partial charge in [-0.05, 0) is 42.5 Å². The van der Waals surface area contributed by atoms with Crippen LogP contribution in [0.2, 0.25) is 0 Å². The van der Waals surface area contributed by atoms with Crippen LogP contribution in [0.5, 0.6) is 0 Å². The van der Waals surface area contributed by atoms with Crippen LogP contribution in [0.15, 0.2) is 41.9 Å². The van der Waals surface area contributed by atoms with Gasteiger partial charge in [0.15, 0.2) is 0 Å². The van der Waals surface area contributed by atoms with Crippen molar-refractivity contribution in [2.24, 2.45) is 5.41 Å². The maximum Gasteiger partial charge on any atom is 0.262 e. The highest BCUT2D eigenvalue weighted by atomic mass is 32.1. The molecule has 3 amide bonds. The Labute approximate surface area is 231 Å². The van der Waals surface area contributed by atoms with E-state index in [9.17, 15) is 19.5 Å². The molecule has 0 aliphatic carbocycles. The fourth-order valence-electron chi connectivity index (χ4n) is 4.54. The largest absolute Gasteiger partial charge is 0.391 e. The van der Waals surface area contributed by atoms with Gasteiger partial charge in [-0.1, -0.05) is 45.0 Å². The standard InChI is InChI=1S/C28H34N4O4S2/c1-16-6-11-22(38-16)26(35)31-24(28(3,4)5)27(36)32-14-20(33)12-21(32)25(34)29-13-18-7-9-19(10-8-18)23-17(2)30-15-37-23/h6-11,15,20-21,24,33H,12-14H2,1-5H3,(H,29,34)(H,31,35)/t20-,21+,24-/m1/s1. The lowest BCUT2D eigenvalue weighted by Gasteiger charge is -2.35. The number of thiazole rings is 1. The quantitative estimate of drug-likeness (QED) is 0.410. The number of nitrogens with one attached hydrogen (secondary N) is 2. The molecule has 1 saturated heterocycles. The number of hydrogen-bond donors (Lipinski definition) is 3. The van der Waals surface area contributed by atoms with Crippen LogP contribution in [-0.2, 0) is 16.1 Å². The van der Waals surface area contributed by atoms with Crippen LogP contribution in [0.3, 0.4) is 0 Å². The summed E-state index contributed by atoms with van der Waals surface area (Å²) >= 11 is 2.95. The van der Waals surface area contributed by atoms with Gasteiger partial charge in [0.1, 0.15) is 12.1 Å². The summed E-state index contributed by atoms with van der Waals surface area (Å²) in [6.07, 6.45) is -0.663. The zero-order chi connectivity index (χ0) is 27.6. The number of aliphatic hydroxyl groups is 1. The number of aromatic nitrogens is 1. The monoisotopic (exact) mass is 554 g/mol. The number of amides is 3. The summed E-state index contributed by atoms with van der Waals surface area (Å²) in [7, 11) is 0. The third-order valence-corrected chi connectivity index (χ3v) is 8.62. The summed E-state index contributed by atoms with van der Waals surface area (Å²) < 4.78 is 0. The topological polar surface area (TPSA) is 112 Å². The van der Waals surface area contributed by atoms with E-state index in [0.29, 0.717) is 11.4 Å². The normalized spacial score (nSPS) is 18.3. The fourth-order valence-corrected chi connectivity index (χ4v) is 6.12. The molecule has 0 radical (unpaired) electrons. The number of carbonyl (C=O) groups is 3. The third-order valence-electron chi connectivity index (χ3n) is 6.65. The van der Waals surface area contributed by atoms with Crippen molar-refractivity contribution in [3.05, 3.63) is 62.9 Å². The summed E-state index contributed by atoms with van der Waals surface area (Å²) in [5.41, 5.74) is 4.19. The molecule has 0 unspecified atom stereocenters. The first kappa shape index (κ1) is 27.9. The Morgan fingerprint density at radius 3 is 2.42 bits per heavy atom. The molecule has 3 aromatic rings. The van der Waals surface area contributed by atoms with Crippen molar-refractivity contribution in [2.75, 3.05) is 6.54 Å². The first-order valence-electron chi connectivity index (χ1n) is 12.6. The lowest BCUT2D eigenvalue weighted by atomic mass is 9.85. The molecule has 10 heteroatoms. The molecule has 3 atom stereocenters. The number of hydrogen-bond acceptors (Lipinski definition) is 7. The highest BCUT2D eigenvalue weighted by Gasteiger charge is 2.44. The summed E-state index contributed by atoms with van der Waals surface area (Å²) in [5.74, 6) is -1.03. The average molecular weight is 555 g/mol. The van der Waals surface area contributed by atoms with Crippen LogP contribution in [0.1, 0.15) is 53.0 Å². The molecule has 1 aliphatic rings. The van der Waals surface area contributed by atoms with Crippen LogP contribution in [0, 0.1) is 19.3 Å². The van der Waals surface area contributed by atoms with Crippen molar-refractivity contribution in [3.8, 4) is 10.4 Å². The number of aliphatic hydroxyl groups excluding tert-OH is 1. The molecule has 1 aliphatic heterocycles. The van der Waals surface area contributed by atoms with Gasteiger partial charge in [-0.3, -0.25) is 14.4 Å². The minimum absolute atomic E-state index is 0.0420. The van der Waals surface area contributed by atoms with Gasteiger partial charge < -0.3 is 20.6 Å². The van der Waals surface area contributed by atoms with Crippen LogP contribution in [0.25, 0.3) is 10.4 Å². The Bertz CT molecular complexity index is 1310. The van der Waals surface area contributed by atoms with Crippen molar-refractivity contribution in [3.63, 3.8) is 0 Å². The van der Waals surface area contributed by atoms with Gasteiger partial charge in [-0.2, -0.15) is 0 Å². The van der Waals surface area contributed by atoms with Crippen LogP contribution in [-0.4, -0.2) is 57.4 Å². The van der Waals surface area contributed by atoms with E-state index < -0.39 is 23.6 Å². The zero-order valence-electron chi connectivity index (χ0n) is 22.3. The van der Waals surface area contributed by atoms with E-state index >= 15 is 0 Å². The van der Waals surface area contributed by atoms with Crippen molar-refractivity contribution in [1.29, 1.82) is 0 Å². The van der Waals surface area contributed by atoms with Crippen molar-refractivity contribution >= 4 is 40.4 Å². The summed E-state index contributed by atoms with van der Waals surface area (Å²) in [6, 6.07) is 9.84. The fraction of sp³-hybridized carbons (Fsp3) is 0.429. The minimum Gasteiger partial charge on any atom is -0.391 e. The molecule has 0 saturated carbocycles. The number of thiophene rings is 1. The van der Waals surface area contributed by atoms with E-state index in [1.807, 2.05) is 70.5 Å². The SMILES string of the molecule is Cc1ccc(C(=O)N[C@H](C(=O)N2C[C@H](O)C[C@H]2C(=O)NCc2ccc(-c3scnc3C)cc2)C(C)(C)C)s1. The molecular weight excluding hydrogens is 520 g/mol. The van der Waals surface area contributed by atoms with Gasteiger partial charge in [0.25, 0.3) is 5.91 Å². The molecule has 3 heterocycles. The molecule has 4 rings (SSSR count). The second-order valence-electron chi connectivity index (χ2n) is 10.8. The highest BCUT2D eigenvalue weighted by Crippen LogP contribution is 2.28. The van der Waals surface area contributed by atoms with E-state index in [1.165, 1.54) is 16.2 Å². The molecule has 3 N–H and O–H groups in total. The van der Waals surface area contributed by atoms with Crippen molar-refractivity contribution < 1.29 is 19.5 Å². The number of benzene rings is 1. The van der Waals surface area contributed by atoms with Gasteiger partial charge >= 0.3 is 0 Å². The second-order valence-corrected chi connectivity index (χ2v) is 12.9. The highest BCUT2D eigenvalue weighted by molar-refractivity contribution is 7.14. The van der Waals surface area contributed by atoms with Crippen molar-refractivity contribution in [1.82, 2.24) is 20.5 Å². The maximum atomic E-state index is 13.7. The number of likely N-dealkylation sites (tertiary alicyclic amines) is 1. The Balaban J connectivity index is 1.43. The molecule has 2 aromatic heterocycles. The number of aryl methyl sites for hydroxylation is 2. The summed E-state index contributed by atoms with van der Waals surface area (Å²) in [5, 5.41) is 16.2. The van der Waals surface area contributed by atoms with Crippen LogP contribution < -0.4 is 10.6 Å². The Hall–Kier alpha value is -3.08. The lowest BCUT2D eigenvalue weighted by Crippen LogP contribution is -2.57. The molecule has 8 nitrogen and oxygen atoms in total. The number of rotatable bonds is 7. The predicted molar refractivity (Wildman–Crippen MR) is 150 cm³/mol. The first-order chi connectivity index (χ1) is 17.9. The van der Waals surface area contributed by atoms with E-state index in [4.69, 9.17) is 0 Å². The van der Waals surface area contributed by atoms with E-state index in [2.05, 4.69) is 15.6 Å². The minimum atomic E-state index is -0.860. The van der Waals surface area contributed by atoms with E-state index in [-0.39, 0.29) is 30.7 Å². The molecule has 1 fully saturated rings. The summed E-state index contributed by atoms with van der Waals surface area (Å²) in [6.45, 7) is 9.84. The zero-order valence-corrected chi connectivity index (χ0v) is 23.9. The Morgan fingerprint density at radius 2 is 1.84 bits per heavy atom. The van der Waals surface area contributed by atoms with Gasteiger partial charge in [0, 0.05) is 24.4 Å². The van der Waals surface area contributed by atoms with E-state index in [0.717, 1.165) is 26.6 Å². The van der Waals surface area contributed by atoms with E-state index in [1.54, 1.807) is 17.4 Å². The maximum absolute atomic E-state index is 13.7.